The van der Waals surface area contributed by atoms with Gasteiger partial charge in [-0.05, 0) is 44.3 Å². The van der Waals surface area contributed by atoms with Crippen molar-refractivity contribution in [1.29, 1.82) is 0 Å². The summed E-state index contributed by atoms with van der Waals surface area (Å²) >= 11 is 0. The van der Waals surface area contributed by atoms with Crippen molar-refractivity contribution in [2.45, 2.75) is 65.7 Å². The molecule has 1 heterocycles. The van der Waals surface area contributed by atoms with E-state index >= 15 is 0 Å². The molecule has 0 amide bonds. The molecular formula is C15H29NO. The van der Waals surface area contributed by atoms with E-state index in [-0.39, 0.29) is 0 Å². The summed E-state index contributed by atoms with van der Waals surface area (Å²) in [6, 6.07) is 0. The normalized spacial score (nSPS) is 20.4. The Kier molecular flexibility index (Phi) is 6.18. The number of hydrogen-bond acceptors (Lipinski definition) is 2. The minimum Gasteiger partial charge on any atom is -0.303 e. The predicted molar refractivity (Wildman–Crippen MR) is 73.2 cm³/mol. The maximum Gasteiger partial charge on any atom is 0.132 e. The van der Waals surface area contributed by atoms with Gasteiger partial charge in [0.25, 0.3) is 0 Å². The number of Topliss-reactive ketones (excluding diaryl/α,β-unsaturated/α-hetero) is 1. The van der Waals surface area contributed by atoms with Crippen LogP contribution in [0.5, 0.6) is 0 Å². The molecule has 1 rings (SSSR count). The number of nitrogens with zero attached hydrogens (tertiary/aromatic N) is 1. The van der Waals surface area contributed by atoms with Gasteiger partial charge < -0.3 is 4.90 Å². The molecule has 1 fully saturated rings. The maximum atomic E-state index is 11.2. The number of piperidine rings is 1. The second-order valence-corrected chi connectivity index (χ2v) is 5.54. The highest BCUT2D eigenvalue weighted by Crippen LogP contribution is 2.37. The Labute approximate surface area is 107 Å². The molecule has 0 bridgehead atoms. The first-order chi connectivity index (χ1) is 8.15. The average molecular weight is 239 g/mol. The van der Waals surface area contributed by atoms with Crippen molar-refractivity contribution < 1.29 is 4.79 Å². The standard InChI is InChI=1S/C15H29NO/c1-4-14(17)8-7-11-16-12-9-15(5-2,6-3)10-13-16/h4-13H2,1-3H3. The molecule has 2 heteroatoms. The summed E-state index contributed by atoms with van der Waals surface area (Å²) in [7, 11) is 0. The zero-order valence-electron chi connectivity index (χ0n) is 11.9. The molecule has 1 aliphatic heterocycles. The molecule has 17 heavy (non-hydrogen) atoms. The molecule has 0 N–H and O–H groups in total. The highest BCUT2D eigenvalue weighted by molar-refractivity contribution is 5.77. The Hall–Kier alpha value is -0.370. The maximum absolute atomic E-state index is 11.2. The molecule has 0 aromatic carbocycles. The van der Waals surface area contributed by atoms with Crippen LogP contribution in [0, 0.1) is 5.41 Å². The van der Waals surface area contributed by atoms with Crippen LogP contribution in [0.2, 0.25) is 0 Å². The summed E-state index contributed by atoms with van der Waals surface area (Å²) in [6.45, 7) is 10.2. The molecule has 0 aromatic heterocycles. The number of carbonyl (C=O) groups is 1. The molecule has 0 aromatic rings. The number of ketones is 1. The monoisotopic (exact) mass is 239 g/mol. The molecule has 0 spiro atoms. The minimum absolute atomic E-state index is 0.415. The van der Waals surface area contributed by atoms with Gasteiger partial charge in [-0.1, -0.05) is 33.6 Å². The van der Waals surface area contributed by atoms with E-state index in [9.17, 15) is 4.79 Å². The van der Waals surface area contributed by atoms with Gasteiger partial charge in [-0.2, -0.15) is 0 Å². The summed E-state index contributed by atoms with van der Waals surface area (Å²) < 4.78 is 0. The van der Waals surface area contributed by atoms with Crippen LogP contribution in [0.1, 0.15) is 65.7 Å². The van der Waals surface area contributed by atoms with E-state index in [0.29, 0.717) is 17.6 Å². The molecule has 0 radical (unpaired) electrons. The minimum atomic E-state index is 0.415. The van der Waals surface area contributed by atoms with Crippen LogP contribution in [-0.4, -0.2) is 30.3 Å². The molecule has 0 unspecified atom stereocenters. The Morgan fingerprint density at radius 1 is 1.12 bits per heavy atom. The fourth-order valence-corrected chi connectivity index (χ4v) is 2.88. The second kappa shape index (κ2) is 7.15. The molecule has 0 aliphatic carbocycles. The highest BCUT2D eigenvalue weighted by atomic mass is 16.1. The van der Waals surface area contributed by atoms with Gasteiger partial charge in [0.2, 0.25) is 0 Å². The molecule has 0 atom stereocenters. The topological polar surface area (TPSA) is 20.3 Å². The van der Waals surface area contributed by atoms with E-state index in [1.165, 1.54) is 38.8 Å². The van der Waals surface area contributed by atoms with Crippen LogP contribution in [-0.2, 0) is 4.79 Å². The van der Waals surface area contributed by atoms with Crippen molar-refractivity contribution in [1.82, 2.24) is 4.90 Å². The van der Waals surface area contributed by atoms with Crippen molar-refractivity contribution in [3.63, 3.8) is 0 Å². The van der Waals surface area contributed by atoms with Crippen LogP contribution in [0.25, 0.3) is 0 Å². The van der Waals surface area contributed by atoms with Crippen LogP contribution >= 0.6 is 0 Å². The number of hydrogen-bond donors (Lipinski definition) is 0. The highest BCUT2D eigenvalue weighted by Gasteiger charge is 2.30. The number of rotatable bonds is 7. The zero-order chi connectivity index (χ0) is 12.7. The van der Waals surface area contributed by atoms with Crippen molar-refractivity contribution >= 4 is 5.78 Å². The van der Waals surface area contributed by atoms with Crippen LogP contribution < -0.4 is 0 Å². The van der Waals surface area contributed by atoms with E-state index in [4.69, 9.17) is 0 Å². The van der Waals surface area contributed by atoms with Gasteiger partial charge in [0, 0.05) is 12.8 Å². The Balaban J connectivity index is 2.21. The molecule has 0 saturated carbocycles. The summed E-state index contributed by atoms with van der Waals surface area (Å²) in [5.41, 5.74) is 0.621. The van der Waals surface area contributed by atoms with E-state index in [0.717, 1.165) is 19.4 Å². The van der Waals surface area contributed by atoms with E-state index in [2.05, 4.69) is 18.7 Å². The fourth-order valence-electron chi connectivity index (χ4n) is 2.88. The van der Waals surface area contributed by atoms with Crippen LogP contribution in [0.3, 0.4) is 0 Å². The molecule has 100 valence electrons. The third-order valence-electron chi connectivity index (χ3n) is 4.74. The quantitative estimate of drug-likeness (QED) is 0.676. The van der Waals surface area contributed by atoms with Gasteiger partial charge in [-0.3, -0.25) is 4.79 Å². The first-order valence-corrected chi connectivity index (χ1v) is 7.40. The van der Waals surface area contributed by atoms with Crippen molar-refractivity contribution in [2.24, 2.45) is 5.41 Å². The van der Waals surface area contributed by atoms with Crippen LogP contribution in [0.4, 0.5) is 0 Å². The smallest absolute Gasteiger partial charge is 0.132 e. The van der Waals surface area contributed by atoms with E-state index in [1.54, 1.807) is 0 Å². The van der Waals surface area contributed by atoms with Crippen molar-refractivity contribution in [3.05, 3.63) is 0 Å². The number of carbonyl (C=O) groups excluding carboxylic acids is 1. The Morgan fingerprint density at radius 3 is 2.18 bits per heavy atom. The predicted octanol–water partition coefficient (Wildman–Crippen LogP) is 3.65. The van der Waals surface area contributed by atoms with Gasteiger partial charge in [0.05, 0.1) is 0 Å². The van der Waals surface area contributed by atoms with Crippen molar-refractivity contribution in [2.75, 3.05) is 19.6 Å². The summed E-state index contributed by atoms with van der Waals surface area (Å²) in [4.78, 5) is 13.8. The SMILES string of the molecule is CCC(=O)CCCN1CCC(CC)(CC)CC1. The lowest BCUT2D eigenvalue weighted by molar-refractivity contribution is -0.118. The lowest BCUT2D eigenvalue weighted by Crippen LogP contribution is -2.40. The van der Waals surface area contributed by atoms with Gasteiger partial charge in [-0.15, -0.1) is 0 Å². The van der Waals surface area contributed by atoms with E-state index in [1.807, 2.05) is 6.92 Å². The average Bonchev–Trinajstić information content (AvgIpc) is 2.39. The van der Waals surface area contributed by atoms with Gasteiger partial charge in [0.15, 0.2) is 0 Å². The largest absolute Gasteiger partial charge is 0.303 e. The molecular weight excluding hydrogens is 210 g/mol. The lowest BCUT2D eigenvalue weighted by atomic mass is 9.74. The molecule has 2 nitrogen and oxygen atoms in total. The Morgan fingerprint density at radius 2 is 1.71 bits per heavy atom. The third-order valence-corrected chi connectivity index (χ3v) is 4.74. The van der Waals surface area contributed by atoms with Gasteiger partial charge in [0.1, 0.15) is 5.78 Å². The third kappa shape index (κ3) is 4.42. The summed E-state index contributed by atoms with van der Waals surface area (Å²) in [6.07, 6.45) is 7.88. The van der Waals surface area contributed by atoms with Crippen molar-refractivity contribution in [3.8, 4) is 0 Å². The summed E-state index contributed by atoms with van der Waals surface area (Å²) in [5, 5.41) is 0. The first kappa shape index (κ1) is 14.7. The number of likely N-dealkylation sites (tertiary alicyclic amines) is 1. The summed E-state index contributed by atoms with van der Waals surface area (Å²) in [5.74, 6) is 0.415. The van der Waals surface area contributed by atoms with Gasteiger partial charge >= 0.3 is 0 Å². The Bertz CT molecular complexity index is 223. The lowest BCUT2D eigenvalue weighted by Gasteiger charge is -2.41. The van der Waals surface area contributed by atoms with Gasteiger partial charge in [-0.25, -0.2) is 0 Å². The second-order valence-electron chi connectivity index (χ2n) is 5.54. The van der Waals surface area contributed by atoms with E-state index < -0.39 is 0 Å². The molecule has 1 saturated heterocycles. The fraction of sp³-hybridized carbons (Fsp3) is 0.933. The first-order valence-electron chi connectivity index (χ1n) is 7.40. The zero-order valence-corrected chi connectivity index (χ0v) is 11.9. The molecule has 1 aliphatic rings. The van der Waals surface area contributed by atoms with Crippen LogP contribution in [0.15, 0.2) is 0 Å².